The first-order chi connectivity index (χ1) is 10.2. The molecule has 1 aliphatic heterocycles. The molecule has 6 heteroatoms. The van der Waals surface area contributed by atoms with Crippen molar-refractivity contribution >= 4 is 41.3 Å². The van der Waals surface area contributed by atoms with Crippen LogP contribution in [-0.4, -0.2) is 50.6 Å². The van der Waals surface area contributed by atoms with Gasteiger partial charge in [-0.1, -0.05) is 13.8 Å². The molecule has 22 heavy (non-hydrogen) atoms. The molecule has 0 bridgehead atoms. The van der Waals surface area contributed by atoms with Gasteiger partial charge in [0.15, 0.2) is 5.96 Å². The third kappa shape index (κ3) is 6.04. The highest BCUT2D eigenvalue weighted by atomic mass is 127. The second kappa shape index (κ2) is 10.4. The van der Waals surface area contributed by atoms with Gasteiger partial charge < -0.3 is 15.5 Å². The van der Waals surface area contributed by atoms with Gasteiger partial charge >= 0.3 is 0 Å². The van der Waals surface area contributed by atoms with E-state index in [9.17, 15) is 0 Å². The third-order valence-corrected chi connectivity index (χ3v) is 4.99. The molecule has 2 unspecified atom stereocenters. The van der Waals surface area contributed by atoms with Crippen LogP contribution in [-0.2, 0) is 0 Å². The van der Waals surface area contributed by atoms with E-state index in [0.717, 1.165) is 25.0 Å². The summed E-state index contributed by atoms with van der Waals surface area (Å²) in [5, 5.41) is 11.3. The van der Waals surface area contributed by atoms with Crippen molar-refractivity contribution in [1.82, 2.24) is 15.5 Å². The summed E-state index contributed by atoms with van der Waals surface area (Å²) in [5.74, 6) is 2.18. The van der Waals surface area contributed by atoms with E-state index in [1.54, 1.807) is 11.3 Å². The molecule has 1 aromatic rings. The number of hydrogen-bond acceptors (Lipinski definition) is 3. The summed E-state index contributed by atoms with van der Waals surface area (Å²) in [6.07, 6.45) is 1.29. The second-order valence-electron chi connectivity index (χ2n) is 5.84. The highest BCUT2D eigenvalue weighted by Gasteiger charge is 2.21. The molecule has 0 amide bonds. The number of hydrogen-bond donors (Lipinski definition) is 2. The van der Waals surface area contributed by atoms with Gasteiger partial charge in [-0.2, -0.15) is 11.3 Å². The second-order valence-corrected chi connectivity index (χ2v) is 6.62. The van der Waals surface area contributed by atoms with E-state index >= 15 is 0 Å². The monoisotopic (exact) mass is 436 g/mol. The first-order valence-electron chi connectivity index (χ1n) is 7.91. The van der Waals surface area contributed by atoms with Crippen molar-refractivity contribution in [2.75, 3.05) is 39.8 Å². The summed E-state index contributed by atoms with van der Waals surface area (Å²) < 4.78 is 0. The molecule has 4 nitrogen and oxygen atoms in total. The number of guanidine groups is 1. The van der Waals surface area contributed by atoms with Gasteiger partial charge in [-0.3, -0.25) is 4.99 Å². The fourth-order valence-electron chi connectivity index (χ4n) is 2.75. The van der Waals surface area contributed by atoms with Gasteiger partial charge in [0.25, 0.3) is 0 Å². The Morgan fingerprint density at radius 3 is 2.91 bits per heavy atom. The maximum absolute atomic E-state index is 4.32. The van der Waals surface area contributed by atoms with Gasteiger partial charge in [-0.25, -0.2) is 0 Å². The minimum Gasteiger partial charge on any atom is -0.356 e. The standard InChI is InChI=1S/C16H28N4S.HI/c1-4-20-7-5-14(11-20)10-19-16(17-3)18-9-13(2)15-6-8-21-12-15;/h6,8,12-14H,4-5,7,9-11H2,1-3H3,(H2,17,18,19);1H. The SMILES string of the molecule is CCN1CCC(CNC(=NC)NCC(C)c2ccsc2)C1.I. The number of nitrogens with zero attached hydrogens (tertiary/aromatic N) is 2. The molecule has 2 atom stereocenters. The number of halogens is 1. The Hall–Kier alpha value is -0.340. The van der Waals surface area contributed by atoms with E-state index in [1.807, 2.05) is 7.05 Å². The van der Waals surface area contributed by atoms with Gasteiger partial charge in [-0.05, 0) is 53.7 Å². The average Bonchev–Trinajstić information content (AvgIpc) is 3.18. The number of nitrogens with one attached hydrogen (secondary N) is 2. The highest BCUT2D eigenvalue weighted by Crippen LogP contribution is 2.17. The largest absolute Gasteiger partial charge is 0.356 e. The van der Waals surface area contributed by atoms with Gasteiger partial charge in [0.1, 0.15) is 0 Å². The summed E-state index contributed by atoms with van der Waals surface area (Å²) in [7, 11) is 1.84. The Morgan fingerprint density at radius 1 is 1.50 bits per heavy atom. The molecule has 1 aromatic heterocycles. The van der Waals surface area contributed by atoms with Crippen molar-refractivity contribution < 1.29 is 0 Å². The van der Waals surface area contributed by atoms with Gasteiger partial charge in [-0.15, -0.1) is 24.0 Å². The fourth-order valence-corrected chi connectivity index (χ4v) is 3.53. The molecule has 2 N–H and O–H groups in total. The molecule has 0 aliphatic carbocycles. The lowest BCUT2D eigenvalue weighted by Crippen LogP contribution is -2.41. The number of aliphatic imine (C=N–C) groups is 1. The molecule has 126 valence electrons. The van der Waals surface area contributed by atoms with Crippen LogP contribution in [0.3, 0.4) is 0 Å². The molecule has 2 rings (SSSR count). The predicted molar refractivity (Wildman–Crippen MR) is 108 cm³/mol. The van der Waals surface area contributed by atoms with E-state index in [-0.39, 0.29) is 24.0 Å². The fraction of sp³-hybridized carbons (Fsp3) is 0.688. The number of thiophene rings is 1. The van der Waals surface area contributed by atoms with E-state index in [1.165, 1.54) is 31.6 Å². The molecule has 1 aliphatic rings. The van der Waals surface area contributed by atoms with Crippen molar-refractivity contribution in [2.24, 2.45) is 10.9 Å². The molecule has 0 spiro atoms. The van der Waals surface area contributed by atoms with Crippen molar-refractivity contribution in [1.29, 1.82) is 0 Å². The Morgan fingerprint density at radius 2 is 2.32 bits per heavy atom. The summed E-state index contributed by atoms with van der Waals surface area (Å²) >= 11 is 1.76. The van der Waals surface area contributed by atoms with E-state index < -0.39 is 0 Å². The van der Waals surface area contributed by atoms with E-state index in [2.05, 4.69) is 51.2 Å². The minimum atomic E-state index is 0. The first kappa shape index (κ1) is 19.7. The topological polar surface area (TPSA) is 39.7 Å². The van der Waals surface area contributed by atoms with Crippen LogP contribution >= 0.6 is 35.3 Å². The molecule has 0 radical (unpaired) electrons. The molecular formula is C16H29IN4S. The lowest BCUT2D eigenvalue weighted by Gasteiger charge is -2.18. The molecule has 1 saturated heterocycles. The minimum absolute atomic E-state index is 0. The Balaban J connectivity index is 0.00000242. The summed E-state index contributed by atoms with van der Waals surface area (Å²) in [4.78, 5) is 6.84. The van der Waals surface area contributed by atoms with Crippen LogP contribution in [0.2, 0.25) is 0 Å². The van der Waals surface area contributed by atoms with Crippen LogP contribution in [0.1, 0.15) is 31.7 Å². The lowest BCUT2D eigenvalue weighted by atomic mass is 10.1. The molecule has 1 fully saturated rings. The van der Waals surface area contributed by atoms with E-state index in [0.29, 0.717) is 5.92 Å². The van der Waals surface area contributed by atoms with E-state index in [4.69, 9.17) is 0 Å². The zero-order valence-electron chi connectivity index (χ0n) is 13.8. The highest BCUT2D eigenvalue weighted by molar-refractivity contribution is 14.0. The molecule has 2 heterocycles. The smallest absolute Gasteiger partial charge is 0.191 e. The number of likely N-dealkylation sites (tertiary alicyclic amines) is 1. The van der Waals surface area contributed by atoms with Crippen LogP contribution in [0.25, 0.3) is 0 Å². The molecule has 0 saturated carbocycles. The maximum atomic E-state index is 4.32. The van der Waals surface area contributed by atoms with Crippen molar-refractivity contribution in [2.45, 2.75) is 26.2 Å². The Kier molecular flexibility index (Phi) is 9.35. The van der Waals surface area contributed by atoms with Crippen molar-refractivity contribution in [3.05, 3.63) is 22.4 Å². The normalized spacial score (nSPS) is 20.5. The summed E-state index contributed by atoms with van der Waals surface area (Å²) in [6, 6.07) is 2.20. The lowest BCUT2D eigenvalue weighted by molar-refractivity contribution is 0.342. The molecular weight excluding hydrogens is 407 g/mol. The van der Waals surface area contributed by atoms with Gasteiger partial charge in [0, 0.05) is 26.7 Å². The van der Waals surface area contributed by atoms with Crippen LogP contribution in [0.15, 0.2) is 21.8 Å². The van der Waals surface area contributed by atoms with Crippen molar-refractivity contribution in [3.8, 4) is 0 Å². The Bertz CT molecular complexity index is 435. The average molecular weight is 436 g/mol. The van der Waals surface area contributed by atoms with Crippen LogP contribution in [0, 0.1) is 5.92 Å². The molecule has 0 aromatic carbocycles. The zero-order valence-corrected chi connectivity index (χ0v) is 17.0. The summed E-state index contributed by atoms with van der Waals surface area (Å²) in [5.41, 5.74) is 1.40. The number of rotatable bonds is 6. The quantitative estimate of drug-likeness (QED) is 0.409. The first-order valence-corrected chi connectivity index (χ1v) is 8.86. The van der Waals surface area contributed by atoms with Crippen LogP contribution in [0.5, 0.6) is 0 Å². The maximum Gasteiger partial charge on any atom is 0.191 e. The van der Waals surface area contributed by atoms with Crippen LogP contribution < -0.4 is 10.6 Å². The Labute approximate surface area is 155 Å². The summed E-state index contributed by atoms with van der Waals surface area (Å²) in [6.45, 7) is 10.0. The van der Waals surface area contributed by atoms with Crippen molar-refractivity contribution in [3.63, 3.8) is 0 Å². The van der Waals surface area contributed by atoms with Gasteiger partial charge in [0.2, 0.25) is 0 Å². The zero-order chi connectivity index (χ0) is 15.1. The third-order valence-electron chi connectivity index (χ3n) is 4.29. The van der Waals surface area contributed by atoms with Gasteiger partial charge in [0.05, 0.1) is 0 Å². The predicted octanol–water partition coefficient (Wildman–Crippen LogP) is 2.98. The van der Waals surface area contributed by atoms with Crippen LogP contribution in [0.4, 0.5) is 0 Å².